The number of nitrogens with one attached hydrogen (secondary N) is 2. The standard InChI is InChI=1S/C16H24N2O5.ClH/c1-20-12-9-11(10-13(21-2)14(12)22-3)18-15(19)16(23-4)5-7-17-8-6-16;/h9-10,17H,5-8H2,1-4H3,(H,18,19);1H. The lowest BCUT2D eigenvalue weighted by Crippen LogP contribution is -2.51. The van der Waals surface area contributed by atoms with E-state index in [0.717, 1.165) is 13.1 Å². The first kappa shape index (κ1) is 20.3. The minimum Gasteiger partial charge on any atom is -0.493 e. The van der Waals surface area contributed by atoms with Crippen LogP contribution >= 0.6 is 12.4 Å². The Morgan fingerprint density at radius 1 is 1.04 bits per heavy atom. The van der Waals surface area contributed by atoms with Crippen molar-refractivity contribution in [2.45, 2.75) is 18.4 Å². The summed E-state index contributed by atoms with van der Waals surface area (Å²) in [5, 5.41) is 6.12. The molecule has 24 heavy (non-hydrogen) atoms. The van der Waals surface area contributed by atoms with Gasteiger partial charge in [-0.3, -0.25) is 4.79 Å². The maximum atomic E-state index is 12.7. The minimum absolute atomic E-state index is 0. The van der Waals surface area contributed by atoms with Crippen molar-refractivity contribution in [1.82, 2.24) is 5.32 Å². The van der Waals surface area contributed by atoms with E-state index in [9.17, 15) is 4.79 Å². The van der Waals surface area contributed by atoms with Crippen LogP contribution in [0.1, 0.15) is 12.8 Å². The van der Waals surface area contributed by atoms with Gasteiger partial charge < -0.3 is 29.6 Å². The predicted molar refractivity (Wildman–Crippen MR) is 93.8 cm³/mol. The molecule has 1 aromatic rings. The van der Waals surface area contributed by atoms with Crippen molar-refractivity contribution in [2.24, 2.45) is 0 Å². The first-order chi connectivity index (χ1) is 11.1. The van der Waals surface area contributed by atoms with Crippen molar-refractivity contribution in [3.8, 4) is 17.2 Å². The molecular formula is C16H25ClN2O5. The third kappa shape index (κ3) is 4.03. The van der Waals surface area contributed by atoms with E-state index in [2.05, 4.69) is 10.6 Å². The van der Waals surface area contributed by atoms with E-state index in [1.165, 1.54) is 21.3 Å². The number of hydrogen-bond acceptors (Lipinski definition) is 6. The lowest BCUT2D eigenvalue weighted by molar-refractivity contribution is -0.140. The maximum Gasteiger partial charge on any atom is 0.256 e. The Kier molecular flexibility index (Phi) is 7.59. The number of benzene rings is 1. The fraction of sp³-hybridized carbons (Fsp3) is 0.562. The van der Waals surface area contributed by atoms with Crippen LogP contribution in [0.3, 0.4) is 0 Å². The number of hydrogen-bond donors (Lipinski definition) is 2. The number of carbonyl (C=O) groups excluding carboxylic acids is 1. The van der Waals surface area contributed by atoms with Crippen LogP contribution in [-0.4, -0.2) is 53.0 Å². The summed E-state index contributed by atoms with van der Waals surface area (Å²) in [4.78, 5) is 12.7. The van der Waals surface area contributed by atoms with Crippen LogP contribution in [0.25, 0.3) is 0 Å². The summed E-state index contributed by atoms with van der Waals surface area (Å²) in [6, 6.07) is 3.40. The zero-order valence-corrected chi connectivity index (χ0v) is 15.2. The third-order valence-corrected chi connectivity index (χ3v) is 4.14. The highest BCUT2D eigenvalue weighted by Gasteiger charge is 2.39. The Hall–Kier alpha value is -1.70. The Balaban J connectivity index is 0.00000288. The number of amides is 1. The molecule has 0 bridgehead atoms. The molecule has 1 fully saturated rings. The molecule has 1 saturated heterocycles. The zero-order valence-electron chi connectivity index (χ0n) is 14.4. The Bertz CT molecular complexity index is 536. The number of ether oxygens (including phenoxy) is 4. The number of halogens is 1. The number of carbonyl (C=O) groups is 1. The first-order valence-electron chi connectivity index (χ1n) is 7.47. The van der Waals surface area contributed by atoms with E-state index in [1.54, 1.807) is 19.2 Å². The molecular weight excluding hydrogens is 336 g/mol. The van der Waals surface area contributed by atoms with Crippen LogP contribution in [0.5, 0.6) is 17.2 Å². The van der Waals surface area contributed by atoms with Crippen molar-refractivity contribution in [3.05, 3.63) is 12.1 Å². The number of piperidine rings is 1. The topological polar surface area (TPSA) is 78.1 Å². The molecule has 0 unspecified atom stereocenters. The van der Waals surface area contributed by atoms with Crippen LogP contribution in [0.2, 0.25) is 0 Å². The summed E-state index contributed by atoms with van der Waals surface area (Å²) >= 11 is 0. The molecule has 1 amide bonds. The molecule has 0 spiro atoms. The SMILES string of the molecule is COc1cc(NC(=O)C2(OC)CCNCC2)cc(OC)c1OC.Cl. The second-order valence-corrected chi connectivity index (χ2v) is 5.32. The molecule has 1 heterocycles. The Morgan fingerprint density at radius 3 is 2.00 bits per heavy atom. The molecule has 2 N–H and O–H groups in total. The molecule has 2 rings (SSSR count). The first-order valence-corrected chi connectivity index (χ1v) is 7.47. The van der Waals surface area contributed by atoms with Gasteiger partial charge in [-0.05, 0) is 25.9 Å². The number of rotatable bonds is 6. The smallest absolute Gasteiger partial charge is 0.256 e. The summed E-state index contributed by atoms with van der Waals surface area (Å²) in [6.07, 6.45) is 1.25. The van der Waals surface area contributed by atoms with Gasteiger partial charge in [0.2, 0.25) is 5.75 Å². The second kappa shape index (κ2) is 8.96. The molecule has 0 saturated carbocycles. The highest BCUT2D eigenvalue weighted by molar-refractivity contribution is 5.98. The molecule has 0 aliphatic carbocycles. The van der Waals surface area contributed by atoms with Crippen LogP contribution in [0, 0.1) is 0 Å². The van der Waals surface area contributed by atoms with E-state index in [4.69, 9.17) is 18.9 Å². The van der Waals surface area contributed by atoms with Gasteiger partial charge in [0.25, 0.3) is 5.91 Å². The summed E-state index contributed by atoms with van der Waals surface area (Å²) in [5.74, 6) is 1.28. The van der Waals surface area contributed by atoms with Gasteiger partial charge in [-0.2, -0.15) is 0 Å². The minimum atomic E-state index is -0.814. The Morgan fingerprint density at radius 2 is 1.58 bits per heavy atom. The van der Waals surface area contributed by atoms with Crippen LogP contribution in [0.4, 0.5) is 5.69 Å². The van der Waals surface area contributed by atoms with Crippen LogP contribution in [-0.2, 0) is 9.53 Å². The van der Waals surface area contributed by atoms with E-state index in [1.807, 2.05) is 0 Å². The van der Waals surface area contributed by atoms with Gasteiger partial charge >= 0.3 is 0 Å². The van der Waals surface area contributed by atoms with Gasteiger partial charge in [-0.25, -0.2) is 0 Å². The van der Waals surface area contributed by atoms with Gasteiger partial charge in [-0.1, -0.05) is 0 Å². The van der Waals surface area contributed by atoms with E-state index in [-0.39, 0.29) is 18.3 Å². The summed E-state index contributed by atoms with van der Waals surface area (Å²) in [6.45, 7) is 1.49. The molecule has 1 aliphatic rings. The summed E-state index contributed by atoms with van der Waals surface area (Å²) in [7, 11) is 6.17. The number of anilines is 1. The van der Waals surface area contributed by atoms with Gasteiger partial charge in [0, 0.05) is 24.9 Å². The predicted octanol–water partition coefficient (Wildman–Crippen LogP) is 1.84. The fourth-order valence-electron chi connectivity index (χ4n) is 2.75. The normalized spacial score (nSPS) is 15.8. The van der Waals surface area contributed by atoms with Gasteiger partial charge in [-0.15, -0.1) is 12.4 Å². The van der Waals surface area contributed by atoms with Gasteiger partial charge in [0.1, 0.15) is 5.60 Å². The maximum absolute atomic E-state index is 12.7. The van der Waals surface area contributed by atoms with Crippen molar-refractivity contribution in [3.63, 3.8) is 0 Å². The molecule has 0 atom stereocenters. The van der Waals surface area contributed by atoms with Gasteiger partial charge in [0.05, 0.1) is 21.3 Å². The summed E-state index contributed by atoms with van der Waals surface area (Å²) in [5.41, 5.74) is -0.245. The zero-order chi connectivity index (χ0) is 16.9. The van der Waals surface area contributed by atoms with Crippen LogP contribution < -0.4 is 24.8 Å². The largest absolute Gasteiger partial charge is 0.493 e. The molecule has 8 heteroatoms. The molecule has 7 nitrogen and oxygen atoms in total. The van der Waals surface area contributed by atoms with E-state index >= 15 is 0 Å². The third-order valence-electron chi connectivity index (χ3n) is 4.14. The summed E-state index contributed by atoms with van der Waals surface area (Å²) < 4.78 is 21.4. The molecule has 0 radical (unpaired) electrons. The average Bonchev–Trinajstić information content (AvgIpc) is 2.61. The van der Waals surface area contributed by atoms with E-state index < -0.39 is 5.60 Å². The Labute approximate surface area is 148 Å². The highest BCUT2D eigenvalue weighted by atomic mass is 35.5. The van der Waals surface area contributed by atoms with Crippen molar-refractivity contribution < 1.29 is 23.7 Å². The van der Waals surface area contributed by atoms with Crippen molar-refractivity contribution >= 4 is 24.0 Å². The lowest BCUT2D eigenvalue weighted by Gasteiger charge is -2.34. The molecule has 1 aromatic carbocycles. The molecule has 1 aliphatic heterocycles. The lowest BCUT2D eigenvalue weighted by atomic mass is 9.91. The quantitative estimate of drug-likeness (QED) is 0.806. The van der Waals surface area contributed by atoms with Crippen molar-refractivity contribution in [2.75, 3.05) is 46.8 Å². The van der Waals surface area contributed by atoms with Gasteiger partial charge in [0.15, 0.2) is 11.5 Å². The second-order valence-electron chi connectivity index (χ2n) is 5.32. The number of methoxy groups -OCH3 is 4. The van der Waals surface area contributed by atoms with Crippen LogP contribution in [0.15, 0.2) is 12.1 Å². The average molecular weight is 361 g/mol. The fourth-order valence-corrected chi connectivity index (χ4v) is 2.75. The molecule has 0 aromatic heterocycles. The molecule has 136 valence electrons. The monoisotopic (exact) mass is 360 g/mol. The van der Waals surface area contributed by atoms with E-state index in [0.29, 0.717) is 35.8 Å². The highest BCUT2D eigenvalue weighted by Crippen LogP contribution is 2.40. The van der Waals surface area contributed by atoms with Crippen molar-refractivity contribution in [1.29, 1.82) is 0 Å².